The molecule has 0 radical (unpaired) electrons. The summed E-state index contributed by atoms with van der Waals surface area (Å²) in [6, 6.07) is 5.98. The molecule has 0 aliphatic rings. The summed E-state index contributed by atoms with van der Waals surface area (Å²) in [6.07, 6.45) is 0.932. The van der Waals surface area contributed by atoms with Gasteiger partial charge in [0.05, 0.1) is 26.9 Å². The van der Waals surface area contributed by atoms with Gasteiger partial charge < -0.3 is 24.8 Å². The van der Waals surface area contributed by atoms with Crippen LogP contribution in [0.1, 0.15) is 33.3 Å². The van der Waals surface area contributed by atoms with Gasteiger partial charge >= 0.3 is 0 Å². The lowest BCUT2D eigenvalue weighted by Crippen LogP contribution is -2.40. The molecule has 0 saturated carbocycles. The lowest BCUT2D eigenvalue weighted by atomic mass is 9.89. The number of hydrogen-bond donors (Lipinski definition) is 2. The molecule has 156 valence electrons. The van der Waals surface area contributed by atoms with Gasteiger partial charge in [0.25, 0.3) is 0 Å². The van der Waals surface area contributed by atoms with Gasteiger partial charge in [-0.15, -0.1) is 24.0 Å². The van der Waals surface area contributed by atoms with E-state index in [0.717, 1.165) is 37.0 Å². The minimum Gasteiger partial charge on any atom is -0.493 e. The van der Waals surface area contributed by atoms with Crippen LogP contribution in [0.3, 0.4) is 0 Å². The van der Waals surface area contributed by atoms with Gasteiger partial charge in [-0.25, -0.2) is 0 Å². The van der Waals surface area contributed by atoms with E-state index in [4.69, 9.17) is 14.2 Å². The smallest absolute Gasteiger partial charge is 0.191 e. The van der Waals surface area contributed by atoms with Gasteiger partial charge in [-0.1, -0.05) is 26.8 Å². The molecule has 1 rings (SSSR count). The van der Waals surface area contributed by atoms with Crippen LogP contribution in [-0.4, -0.2) is 53.0 Å². The summed E-state index contributed by atoms with van der Waals surface area (Å²) in [7, 11) is 5.03. The van der Waals surface area contributed by atoms with E-state index < -0.39 is 0 Å². The molecule has 1 aromatic carbocycles. The molecule has 1 atom stereocenters. The Labute approximate surface area is 181 Å². The number of methoxy groups -OCH3 is 3. The van der Waals surface area contributed by atoms with Crippen molar-refractivity contribution in [2.24, 2.45) is 10.4 Å². The molecule has 1 aromatic rings. The summed E-state index contributed by atoms with van der Waals surface area (Å²) in [5, 5.41) is 6.66. The van der Waals surface area contributed by atoms with Crippen molar-refractivity contribution in [3.05, 3.63) is 23.8 Å². The predicted molar refractivity (Wildman–Crippen MR) is 123 cm³/mol. The van der Waals surface area contributed by atoms with Gasteiger partial charge in [-0.2, -0.15) is 0 Å². The van der Waals surface area contributed by atoms with Crippen LogP contribution in [0, 0.1) is 5.41 Å². The second-order valence-corrected chi connectivity index (χ2v) is 7.18. The van der Waals surface area contributed by atoms with E-state index >= 15 is 0 Å². The van der Waals surface area contributed by atoms with Crippen LogP contribution in [0.2, 0.25) is 0 Å². The number of guanidine groups is 1. The molecule has 0 amide bonds. The quantitative estimate of drug-likeness (QED) is 0.314. The molecule has 7 heteroatoms. The molecule has 0 aliphatic heterocycles. The van der Waals surface area contributed by atoms with E-state index in [0.29, 0.717) is 6.54 Å². The number of aliphatic imine (C=N–C) groups is 1. The monoisotopic (exact) mass is 493 g/mol. The van der Waals surface area contributed by atoms with Crippen molar-refractivity contribution in [2.45, 2.75) is 40.2 Å². The molecule has 0 saturated heterocycles. The van der Waals surface area contributed by atoms with Gasteiger partial charge in [0.1, 0.15) is 0 Å². The molecule has 0 aromatic heterocycles. The first-order chi connectivity index (χ1) is 12.3. The van der Waals surface area contributed by atoms with Crippen LogP contribution in [0.15, 0.2) is 23.2 Å². The van der Waals surface area contributed by atoms with Gasteiger partial charge in [0.2, 0.25) is 0 Å². The van der Waals surface area contributed by atoms with Gasteiger partial charge in [-0.3, -0.25) is 4.99 Å². The molecule has 1 unspecified atom stereocenters. The van der Waals surface area contributed by atoms with Crippen molar-refractivity contribution in [1.82, 2.24) is 10.6 Å². The summed E-state index contributed by atoms with van der Waals surface area (Å²) in [5.74, 6) is 2.30. The average Bonchev–Trinajstić information content (AvgIpc) is 2.60. The van der Waals surface area contributed by atoms with Crippen molar-refractivity contribution in [3.63, 3.8) is 0 Å². The maximum absolute atomic E-state index is 5.58. The van der Waals surface area contributed by atoms with Crippen molar-refractivity contribution < 1.29 is 14.2 Å². The molecule has 6 nitrogen and oxygen atoms in total. The minimum absolute atomic E-state index is 0. The highest BCUT2D eigenvalue weighted by Crippen LogP contribution is 2.27. The topological polar surface area (TPSA) is 64.1 Å². The Morgan fingerprint density at radius 3 is 2.26 bits per heavy atom. The highest BCUT2D eigenvalue weighted by Gasteiger charge is 2.24. The summed E-state index contributed by atoms with van der Waals surface area (Å²) < 4.78 is 16.2. The van der Waals surface area contributed by atoms with Crippen molar-refractivity contribution >= 4 is 29.9 Å². The Bertz CT molecular complexity index is 574. The summed E-state index contributed by atoms with van der Waals surface area (Å²) in [4.78, 5) is 4.67. The number of ether oxygens (including phenoxy) is 3. The molecule has 0 heterocycles. The maximum atomic E-state index is 5.58. The molecule has 2 N–H and O–H groups in total. The molecule has 0 aliphatic carbocycles. The van der Waals surface area contributed by atoms with Crippen molar-refractivity contribution in [1.29, 1.82) is 0 Å². The van der Waals surface area contributed by atoms with E-state index in [1.54, 1.807) is 21.3 Å². The summed E-state index contributed by atoms with van der Waals surface area (Å²) in [5.41, 5.74) is 1.23. The molecular formula is C20H36IN3O3. The number of hydrogen-bond acceptors (Lipinski definition) is 4. The molecule has 27 heavy (non-hydrogen) atoms. The Morgan fingerprint density at radius 2 is 1.74 bits per heavy atom. The molecule has 0 spiro atoms. The first-order valence-electron chi connectivity index (χ1n) is 9.11. The standard InChI is InChI=1S/C20H35N3O3.HI/c1-8-21-19(23-14-18(26-7)20(2,3)4)22-12-11-15-9-10-16(24-5)17(13-15)25-6;/h9-10,13,18H,8,11-12,14H2,1-7H3,(H2,21,22,23);1H. The fraction of sp³-hybridized carbons (Fsp3) is 0.650. The fourth-order valence-corrected chi connectivity index (χ4v) is 2.58. The van der Waals surface area contributed by atoms with E-state index in [1.165, 1.54) is 5.56 Å². The van der Waals surface area contributed by atoms with E-state index in [1.807, 2.05) is 18.2 Å². The van der Waals surface area contributed by atoms with E-state index in [-0.39, 0.29) is 35.5 Å². The number of nitrogens with zero attached hydrogens (tertiary/aromatic N) is 1. The van der Waals surface area contributed by atoms with Crippen LogP contribution in [0.25, 0.3) is 0 Å². The number of rotatable bonds is 9. The Balaban J connectivity index is 0.00000676. The molecule has 0 fully saturated rings. The number of halogens is 1. The number of nitrogens with one attached hydrogen (secondary N) is 2. The van der Waals surface area contributed by atoms with Crippen LogP contribution < -0.4 is 20.1 Å². The Kier molecular flexibility index (Phi) is 12.5. The highest BCUT2D eigenvalue weighted by atomic mass is 127. The lowest BCUT2D eigenvalue weighted by Gasteiger charge is -2.28. The summed E-state index contributed by atoms with van der Waals surface area (Å²) >= 11 is 0. The van der Waals surface area contributed by atoms with Crippen LogP contribution in [0.5, 0.6) is 11.5 Å². The summed E-state index contributed by atoms with van der Waals surface area (Å²) in [6.45, 7) is 10.7. The normalized spacial score (nSPS) is 12.8. The average molecular weight is 493 g/mol. The fourth-order valence-electron chi connectivity index (χ4n) is 2.58. The zero-order chi connectivity index (χ0) is 19.6. The first kappa shape index (κ1) is 25.8. The zero-order valence-corrected chi connectivity index (χ0v) is 20.0. The third kappa shape index (κ3) is 9.01. The maximum Gasteiger partial charge on any atom is 0.191 e. The van der Waals surface area contributed by atoms with Crippen LogP contribution in [0.4, 0.5) is 0 Å². The molecular weight excluding hydrogens is 457 g/mol. The van der Waals surface area contributed by atoms with Crippen molar-refractivity contribution in [2.75, 3.05) is 41.0 Å². The van der Waals surface area contributed by atoms with Crippen molar-refractivity contribution in [3.8, 4) is 11.5 Å². The Hall–Kier alpha value is -1.22. The first-order valence-corrected chi connectivity index (χ1v) is 9.11. The largest absolute Gasteiger partial charge is 0.493 e. The minimum atomic E-state index is 0. The lowest BCUT2D eigenvalue weighted by molar-refractivity contribution is 0.0241. The van der Waals surface area contributed by atoms with Gasteiger partial charge in [-0.05, 0) is 36.5 Å². The third-order valence-electron chi connectivity index (χ3n) is 4.16. The van der Waals surface area contributed by atoms with E-state index in [9.17, 15) is 0 Å². The molecule has 0 bridgehead atoms. The van der Waals surface area contributed by atoms with Crippen LogP contribution >= 0.6 is 24.0 Å². The predicted octanol–water partition coefficient (Wildman–Crippen LogP) is 3.48. The van der Waals surface area contributed by atoms with Gasteiger partial charge in [0, 0.05) is 20.2 Å². The highest BCUT2D eigenvalue weighted by molar-refractivity contribution is 14.0. The zero-order valence-electron chi connectivity index (χ0n) is 17.7. The van der Waals surface area contributed by atoms with Gasteiger partial charge in [0.15, 0.2) is 17.5 Å². The van der Waals surface area contributed by atoms with E-state index in [2.05, 4.69) is 43.3 Å². The second kappa shape index (κ2) is 13.0. The Morgan fingerprint density at radius 1 is 1.07 bits per heavy atom. The SMILES string of the molecule is CCNC(=NCC(OC)C(C)(C)C)NCCc1ccc(OC)c(OC)c1.I. The second-order valence-electron chi connectivity index (χ2n) is 7.18. The van der Waals surface area contributed by atoms with Crippen LogP contribution in [-0.2, 0) is 11.2 Å². The third-order valence-corrected chi connectivity index (χ3v) is 4.16. The number of benzene rings is 1.